The van der Waals surface area contributed by atoms with Crippen LogP contribution in [0.15, 0.2) is 24.3 Å². The molecule has 0 aliphatic carbocycles. The molecule has 1 N–H and O–H groups in total. The van der Waals surface area contributed by atoms with Gasteiger partial charge in [0.1, 0.15) is 0 Å². The fraction of sp³-hybridized carbons (Fsp3) is 0.571. The molecule has 16 heavy (non-hydrogen) atoms. The summed E-state index contributed by atoms with van der Waals surface area (Å²) in [4.78, 5) is 0. The molecule has 90 valence electrons. The standard InChI is InChI=1S/C14H23NS/c1-12(2)7-9-16-10-8-15-14-6-4-5-13(3)11-14/h4-6,11-12,15H,7-10H2,1-3H3. The summed E-state index contributed by atoms with van der Waals surface area (Å²) in [5, 5.41) is 3.45. The molecule has 0 saturated carbocycles. The van der Waals surface area contributed by atoms with Crippen LogP contribution in [-0.4, -0.2) is 18.1 Å². The zero-order valence-corrected chi connectivity index (χ0v) is 11.4. The number of anilines is 1. The molecule has 0 amide bonds. The van der Waals surface area contributed by atoms with Crippen molar-refractivity contribution in [3.05, 3.63) is 29.8 Å². The zero-order chi connectivity index (χ0) is 11.8. The summed E-state index contributed by atoms with van der Waals surface area (Å²) in [5.41, 5.74) is 2.56. The van der Waals surface area contributed by atoms with Crippen molar-refractivity contribution in [3.63, 3.8) is 0 Å². The SMILES string of the molecule is Cc1cccc(NCCSCCC(C)C)c1. The Labute approximate surface area is 104 Å². The number of rotatable bonds is 7. The van der Waals surface area contributed by atoms with E-state index in [1.807, 2.05) is 11.8 Å². The van der Waals surface area contributed by atoms with Gasteiger partial charge in [-0.2, -0.15) is 11.8 Å². The highest BCUT2D eigenvalue weighted by Gasteiger charge is 1.95. The number of benzene rings is 1. The minimum absolute atomic E-state index is 0.831. The van der Waals surface area contributed by atoms with Gasteiger partial charge in [0.15, 0.2) is 0 Å². The number of nitrogens with one attached hydrogen (secondary N) is 1. The lowest BCUT2D eigenvalue weighted by atomic mass is 10.2. The Morgan fingerprint density at radius 1 is 1.25 bits per heavy atom. The molecule has 1 aromatic carbocycles. The van der Waals surface area contributed by atoms with Crippen molar-refractivity contribution in [3.8, 4) is 0 Å². The van der Waals surface area contributed by atoms with Crippen LogP contribution in [0.5, 0.6) is 0 Å². The molecule has 0 saturated heterocycles. The third-order valence-corrected chi connectivity index (χ3v) is 3.45. The van der Waals surface area contributed by atoms with Crippen LogP contribution < -0.4 is 5.32 Å². The van der Waals surface area contributed by atoms with Gasteiger partial charge < -0.3 is 5.32 Å². The minimum atomic E-state index is 0.831. The Bertz CT molecular complexity index is 297. The molecule has 0 bridgehead atoms. The number of thioether (sulfide) groups is 1. The maximum atomic E-state index is 3.45. The number of hydrogen-bond donors (Lipinski definition) is 1. The van der Waals surface area contributed by atoms with E-state index >= 15 is 0 Å². The van der Waals surface area contributed by atoms with E-state index in [9.17, 15) is 0 Å². The molecule has 0 aliphatic heterocycles. The third kappa shape index (κ3) is 6.06. The van der Waals surface area contributed by atoms with Gasteiger partial charge in [-0.15, -0.1) is 0 Å². The Morgan fingerprint density at radius 3 is 2.75 bits per heavy atom. The molecule has 0 radical (unpaired) electrons. The monoisotopic (exact) mass is 237 g/mol. The van der Waals surface area contributed by atoms with Crippen molar-refractivity contribution in [1.29, 1.82) is 0 Å². The molecule has 0 aromatic heterocycles. The smallest absolute Gasteiger partial charge is 0.0343 e. The van der Waals surface area contributed by atoms with Gasteiger partial charge >= 0.3 is 0 Å². The maximum absolute atomic E-state index is 3.45. The number of hydrogen-bond acceptors (Lipinski definition) is 2. The van der Waals surface area contributed by atoms with E-state index in [-0.39, 0.29) is 0 Å². The zero-order valence-electron chi connectivity index (χ0n) is 10.6. The van der Waals surface area contributed by atoms with Crippen LogP contribution in [0, 0.1) is 12.8 Å². The van der Waals surface area contributed by atoms with Gasteiger partial charge in [0.2, 0.25) is 0 Å². The first-order chi connectivity index (χ1) is 7.68. The second-order valence-electron chi connectivity index (χ2n) is 4.59. The number of aryl methyl sites for hydroxylation is 1. The van der Waals surface area contributed by atoms with Gasteiger partial charge in [-0.05, 0) is 42.7 Å². The molecule has 0 aliphatic rings. The second-order valence-corrected chi connectivity index (χ2v) is 5.82. The molecule has 0 spiro atoms. The lowest BCUT2D eigenvalue weighted by molar-refractivity contribution is 0.632. The van der Waals surface area contributed by atoms with E-state index in [1.165, 1.54) is 29.2 Å². The molecule has 2 heteroatoms. The van der Waals surface area contributed by atoms with Crippen molar-refractivity contribution >= 4 is 17.4 Å². The Hall–Kier alpha value is -0.630. The van der Waals surface area contributed by atoms with E-state index in [2.05, 4.69) is 50.4 Å². The van der Waals surface area contributed by atoms with E-state index in [1.54, 1.807) is 0 Å². The predicted octanol–water partition coefficient (Wildman–Crippen LogP) is 4.19. The summed E-state index contributed by atoms with van der Waals surface area (Å²) < 4.78 is 0. The minimum Gasteiger partial charge on any atom is -0.384 e. The van der Waals surface area contributed by atoms with Crippen molar-refractivity contribution in [1.82, 2.24) is 0 Å². The van der Waals surface area contributed by atoms with Gasteiger partial charge in [-0.1, -0.05) is 26.0 Å². The lowest BCUT2D eigenvalue weighted by Gasteiger charge is -2.07. The molecular weight excluding hydrogens is 214 g/mol. The molecule has 0 unspecified atom stereocenters. The fourth-order valence-electron chi connectivity index (χ4n) is 1.44. The molecule has 1 aromatic rings. The van der Waals surface area contributed by atoms with Crippen LogP contribution >= 0.6 is 11.8 Å². The molecule has 0 atom stereocenters. The first-order valence-corrected chi connectivity index (χ1v) is 7.22. The topological polar surface area (TPSA) is 12.0 Å². The summed E-state index contributed by atoms with van der Waals surface area (Å²) in [6.07, 6.45) is 1.33. The van der Waals surface area contributed by atoms with Crippen molar-refractivity contribution in [2.24, 2.45) is 5.92 Å². The van der Waals surface area contributed by atoms with Crippen LogP contribution in [0.4, 0.5) is 5.69 Å². The van der Waals surface area contributed by atoms with Crippen LogP contribution in [0.1, 0.15) is 25.8 Å². The van der Waals surface area contributed by atoms with Gasteiger partial charge in [-0.25, -0.2) is 0 Å². The molecule has 0 fully saturated rings. The average Bonchev–Trinajstić information content (AvgIpc) is 2.23. The van der Waals surface area contributed by atoms with Crippen molar-refractivity contribution in [2.45, 2.75) is 27.2 Å². The molecule has 1 nitrogen and oxygen atoms in total. The first-order valence-electron chi connectivity index (χ1n) is 6.07. The van der Waals surface area contributed by atoms with Crippen LogP contribution in [0.2, 0.25) is 0 Å². The second kappa shape index (κ2) is 7.61. The molecule has 1 rings (SSSR count). The summed E-state index contributed by atoms with van der Waals surface area (Å²) in [5.74, 6) is 3.31. The Balaban J connectivity index is 2.07. The van der Waals surface area contributed by atoms with Gasteiger partial charge in [0, 0.05) is 18.0 Å². The van der Waals surface area contributed by atoms with Crippen LogP contribution in [-0.2, 0) is 0 Å². The van der Waals surface area contributed by atoms with Crippen LogP contribution in [0.3, 0.4) is 0 Å². The van der Waals surface area contributed by atoms with E-state index in [0.29, 0.717) is 0 Å². The van der Waals surface area contributed by atoms with E-state index < -0.39 is 0 Å². The van der Waals surface area contributed by atoms with Crippen LogP contribution in [0.25, 0.3) is 0 Å². The Morgan fingerprint density at radius 2 is 2.06 bits per heavy atom. The summed E-state index contributed by atoms with van der Waals surface area (Å²) in [6, 6.07) is 8.55. The highest BCUT2D eigenvalue weighted by atomic mass is 32.2. The molecular formula is C14H23NS. The largest absolute Gasteiger partial charge is 0.384 e. The normalized spacial score (nSPS) is 10.8. The first kappa shape index (κ1) is 13.4. The maximum Gasteiger partial charge on any atom is 0.0343 e. The Kier molecular flexibility index (Phi) is 6.39. The van der Waals surface area contributed by atoms with Crippen molar-refractivity contribution in [2.75, 3.05) is 23.4 Å². The fourth-order valence-corrected chi connectivity index (χ4v) is 2.53. The van der Waals surface area contributed by atoms with E-state index in [0.717, 1.165) is 12.5 Å². The average molecular weight is 237 g/mol. The highest BCUT2D eigenvalue weighted by Crippen LogP contribution is 2.11. The summed E-state index contributed by atoms with van der Waals surface area (Å²) in [7, 11) is 0. The van der Waals surface area contributed by atoms with Gasteiger partial charge in [0.05, 0.1) is 0 Å². The lowest BCUT2D eigenvalue weighted by Crippen LogP contribution is -2.04. The predicted molar refractivity (Wildman–Crippen MR) is 76.4 cm³/mol. The molecule has 0 heterocycles. The van der Waals surface area contributed by atoms with E-state index in [4.69, 9.17) is 0 Å². The highest BCUT2D eigenvalue weighted by molar-refractivity contribution is 7.99. The third-order valence-electron chi connectivity index (χ3n) is 2.43. The summed E-state index contributed by atoms with van der Waals surface area (Å²) >= 11 is 2.04. The van der Waals surface area contributed by atoms with Gasteiger partial charge in [-0.3, -0.25) is 0 Å². The van der Waals surface area contributed by atoms with Gasteiger partial charge in [0.25, 0.3) is 0 Å². The summed E-state index contributed by atoms with van der Waals surface area (Å²) in [6.45, 7) is 7.76. The quantitative estimate of drug-likeness (QED) is 0.714. The van der Waals surface area contributed by atoms with Crippen molar-refractivity contribution < 1.29 is 0 Å².